The summed E-state index contributed by atoms with van der Waals surface area (Å²) in [6.45, 7) is 3.05. The van der Waals surface area contributed by atoms with Crippen molar-refractivity contribution in [2.75, 3.05) is 6.67 Å². The van der Waals surface area contributed by atoms with Crippen LogP contribution in [0.5, 0.6) is 0 Å². The Balaban J connectivity index is 1.83. The minimum atomic E-state index is -4.68. The van der Waals surface area contributed by atoms with Crippen LogP contribution in [0.25, 0.3) is 11.2 Å². The first-order valence-electron chi connectivity index (χ1n) is 10.1. The Morgan fingerprint density at radius 1 is 1.28 bits per heavy atom. The maximum absolute atomic E-state index is 14.0. The standard InChI is InChI=1S/C18H27ClFN4O7P/c1-4-18(27,5-2)32(28,29)31-17(3,7-20)6-10-12(25)13(26)16(30-10)24-9-23-11-14(19)21-8-22-15(11)24/h8-10,12-13,16,25-27H,4-7H2,1-3H3,(H,28,29)/t10-,12-,13-,16-,17?/m1/s1. The van der Waals surface area contributed by atoms with E-state index in [4.69, 9.17) is 20.9 Å². The van der Waals surface area contributed by atoms with Crippen LogP contribution in [0.2, 0.25) is 5.15 Å². The van der Waals surface area contributed by atoms with Crippen molar-refractivity contribution in [3.8, 4) is 0 Å². The summed E-state index contributed by atoms with van der Waals surface area (Å²) in [5, 5.41) is 29.6. The monoisotopic (exact) mass is 496 g/mol. The fraction of sp³-hybridized carbons (Fsp3) is 0.722. The van der Waals surface area contributed by atoms with Gasteiger partial charge >= 0.3 is 7.60 Å². The zero-order chi connectivity index (χ0) is 23.9. The number of aromatic nitrogens is 4. The maximum Gasteiger partial charge on any atom is 0.359 e. The number of hydrogen-bond donors (Lipinski definition) is 4. The van der Waals surface area contributed by atoms with E-state index in [1.807, 2.05) is 0 Å². The van der Waals surface area contributed by atoms with E-state index in [0.717, 1.165) is 0 Å². The molecule has 3 heterocycles. The lowest BCUT2D eigenvalue weighted by molar-refractivity contribution is -0.0740. The average molecular weight is 497 g/mol. The molecule has 14 heteroatoms. The number of aliphatic hydroxyl groups is 3. The highest BCUT2D eigenvalue weighted by atomic mass is 35.5. The van der Waals surface area contributed by atoms with Crippen LogP contribution in [0.15, 0.2) is 12.7 Å². The van der Waals surface area contributed by atoms with Crippen molar-refractivity contribution < 1.29 is 38.4 Å². The lowest BCUT2D eigenvalue weighted by Crippen LogP contribution is -2.42. The molecule has 1 saturated heterocycles. The van der Waals surface area contributed by atoms with Gasteiger partial charge in [-0.1, -0.05) is 25.4 Å². The SMILES string of the molecule is CCC(O)(CC)P(=O)(O)OC(C)(CF)C[C@H]1O[C@@H](n2cnc3c(Cl)ncnc32)[C@H](O)[C@@H]1O. The smallest absolute Gasteiger partial charge is 0.359 e. The minimum absolute atomic E-state index is 0.0822. The zero-order valence-corrected chi connectivity index (χ0v) is 19.4. The second-order valence-corrected chi connectivity index (χ2v) is 10.5. The molecule has 6 atom stereocenters. The molecule has 0 radical (unpaired) electrons. The van der Waals surface area contributed by atoms with Crippen molar-refractivity contribution in [1.29, 1.82) is 0 Å². The van der Waals surface area contributed by atoms with Gasteiger partial charge in [-0.25, -0.2) is 19.3 Å². The number of imidazole rings is 1. The third kappa shape index (κ3) is 4.43. The lowest BCUT2D eigenvalue weighted by Gasteiger charge is -2.37. The van der Waals surface area contributed by atoms with Gasteiger partial charge in [0.2, 0.25) is 0 Å². The van der Waals surface area contributed by atoms with Crippen LogP contribution in [0.3, 0.4) is 0 Å². The maximum atomic E-state index is 14.0. The summed E-state index contributed by atoms with van der Waals surface area (Å²) in [6, 6.07) is 0. The van der Waals surface area contributed by atoms with Crippen LogP contribution in [0.4, 0.5) is 4.39 Å². The Hall–Kier alpha value is -1.24. The fourth-order valence-corrected chi connectivity index (χ4v) is 5.58. The van der Waals surface area contributed by atoms with Gasteiger partial charge in [-0.15, -0.1) is 0 Å². The molecule has 180 valence electrons. The van der Waals surface area contributed by atoms with E-state index in [-0.39, 0.29) is 35.6 Å². The Kier molecular flexibility index (Phi) is 7.29. The van der Waals surface area contributed by atoms with Crippen molar-refractivity contribution in [2.24, 2.45) is 0 Å². The van der Waals surface area contributed by atoms with Gasteiger partial charge in [0, 0.05) is 6.42 Å². The second-order valence-electron chi connectivity index (χ2n) is 8.12. The molecule has 0 amide bonds. The van der Waals surface area contributed by atoms with Crippen LogP contribution in [0.1, 0.15) is 46.3 Å². The van der Waals surface area contributed by atoms with E-state index >= 15 is 0 Å². The predicted molar refractivity (Wildman–Crippen MR) is 112 cm³/mol. The van der Waals surface area contributed by atoms with Gasteiger partial charge in [-0.2, -0.15) is 0 Å². The van der Waals surface area contributed by atoms with Gasteiger partial charge in [-0.3, -0.25) is 13.7 Å². The van der Waals surface area contributed by atoms with E-state index in [1.165, 1.54) is 38.0 Å². The molecular weight excluding hydrogens is 470 g/mol. The molecule has 2 aromatic rings. The summed E-state index contributed by atoms with van der Waals surface area (Å²) in [5.41, 5.74) is -1.37. The van der Waals surface area contributed by atoms with E-state index in [1.54, 1.807) is 0 Å². The van der Waals surface area contributed by atoms with Gasteiger partial charge in [0.05, 0.1) is 12.4 Å². The summed E-state index contributed by atoms with van der Waals surface area (Å²) >= 11 is 5.99. The van der Waals surface area contributed by atoms with Crippen LogP contribution in [0, 0.1) is 0 Å². The van der Waals surface area contributed by atoms with Crippen molar-refractivity contribution in [3.63, 3.8) is 0 Å². The lowest BCUT2D eigenvalue weighted by atomic mass is 9.96. The van der Waals surface area contributed by atoms with E-state index < -0.39 is 49.8 Å². The topological polar surface area (TPSA) is 160 Å². The highest BCUT2D eigenvalue weighted by Crippen LogP contribution is 2.60. The van der Waals surface area contributed by atoms with Crippen molar-refractivity contribution in [2.45, 2.75) is 75.5 Å². The first-order chi connectivity index (χ1) is 14.9. The molecule has 0 bridgehead atoms. The molecule has 1 fully saturated rings. The van der Waals surface area contributed by atoms with Crippen molar-refractivity contribution in [1.82, 2.24) is 19.5 Å². The molecule has 3 rings (SSSR count). The highest BCUT2D eigenvalue weighted by molar-refractivity contribution is 7.54. The Morgan fingerprint density at radius 2 is 1.94 bits per heavy atom. The molecule has 32 heavy (non-hydrogen) atoms. The normalized spacial score (nSPS) is 28.0. The Labute approximate surface area is 188 Å². The number of halogens is 2. The highest BCUT2D eigenvalue weighted by Gasteiger charge is 2.52. The van der Waals surface area contributed by atoms with E-state index in [0.29, 0.717) is 0 Å². The van der Waals surface area contributed by atoms with Crippen molar-refractivity contribution in [3.05, 3.63) is 17.8 Å². The van der Waals surface area contributed by atoms with E-state index in [9.17, 15) is 29.2 Å². The zero-order valence-electron chi connectivity index (χ0n) is 17.8. The van der Waals surface area contributed by atoms with Crippen LogP contribution < -0.4 is 0 Å². The molecule has 0 aromatic carbocycles. The molecular formula is C18H27ClFN4O7P. The first kappa shape index (κ1) is 25.4. The molecule has 0 saturated carbocycles. The number of ether oxygens (including phenoxy) is 1. The fourth-order valence-electron chi connectivity index (χ4n) is 3.71. The van der Waals surface area contributed by atoms with E-state index in [2.05, 4.69) is 15.0 Å². The summed E-state index contributed by atoms with van der Waals surface area (Å²) in [6.07, 6.45) is -3.26. The molecule has 2 aromatic heterocycles. The number of aliphatic hydroxyl groups excluding tert-OH is 2. The molecule has 1 aliphatic rings. The van der Waals surface area contributed by atoms with Gasteiger partial charge in [0.25, 0.3) is 0 Å². The number of fused-ring (bicyclic) bond motifs is 1. The van der Waals surface area contributed by atoms with Crippen LogP contribution in [-0.4, -0.2) is 75.7 Å². The molecule has 1 aliphatic heterocycles. The second kappa shape index (κ2) is 9.19. The largest absolute Gasteiger partial charge is 0.388 e. The summed E-state index contributed by atoms with van der Waals surface area (Å²) < 4.78 is 39.1. The molecule has 2 unspecified atom stereocenters. The third-order valence-electron chi connectivity index (χ3n) is 5.84. The summed E-state index contributed by atoms with van der Waals surface area (Å²) in [4.78, 5) is 22.3. The first-order valence-corrected chi connectivity index (χ1v) is 12.0. The minimum Gasteiger partial charge on any atom is -0.388 e. The quantitative estimate of drug-likeness (QED) is 0.298. The molecule has 4 N–H and O–H groups in total. The third-order valence-corrected chi connectivity index (χ3v) is 8.49. The Morgan fingerprint density at radius 3 is 2.53 bits per heavy atom. The number of nitrogens with zero attached hydrogens (tertiary/aromatic N) is 4. The number of rotatable bonds is 9. The Bertz CT molecular complexity index is 1010. The molecule has 0 spiro atoms. The average Bonchev–Trinajstić information content (AvgIpc) is 3.30. The summed E-state index contributed by atoms with van der Waals surface area (Å²) in [7, 11) is -4.68. The van der Waals surface area contributed by atoms with Crippen LogP contribution in [-0.2, 0) is 13.8 Å². The predicted octanol–water partition coefficient (Wildman–Crippen LogP) is 1.93. The number of hydrogen-bond acceptors (Lipinski definition) is 9. The van der Waals surface area contributed by atoms with Crippen molar-refractivity contribution >= 4 is 30.4 Å². The van der Waals surface area contributed by atoms with Gasteiger partial charge in [0.1, 0.15) is 36.3 Å². The van der Waals surface area contributed by atoms with Gasteiger partial charge in [-0.05, 0) is 19.8 Å². The van der Waals surface area contributed by atoms with Gasteiger partial charge in [0.15, 0.2) is 22.4 Å². The van der Waals surface area contributed by atoms with Crippen LogP contribution >= 0.6 is 19.2 Å². The molecule has 0 aliphatic carbocycles. The number of alkyl halides is 1. The van der Waals surface area contributed by atoms with Gasteiger partial charge < -0.3 is 24.9 Å². The summed E-state index contributed by atoms with van der Waals surface area (Å²) in [5.74, 6) is 0. The molecule has 11 nitrogen and oxygen atoms in total.